The summed E-state index contributed by atoms with van der Waals surface area (Å²) in [5.41, 5.74) is 0.747. The SMILES string of the molecule is O=S1(=O)c2ccccc2C2=NCCCN21. The van der Waals surface area contributed by atoms with Gasteiger partial charge in [-0.15, -0.1) is 0 Å². The van der Waals surface area contributed by atoms with Crippen LogP contribution >= 0.6 is 0 Å². The molecule has 2 aliphatic heterocycles. The molecule has 0 unspecified atom stereocenters. The van der Waals surface area contributed by atoms with Gasteiger partial charge in [-0.05, 0) is 18.6 Å². The third kappa shape index (κ3) is 1.07. The summed E-state index contributed by atoms with van der Waals surface area (Å²) in [7, 11) is -3.30. The van der Waals surface area contributed by atoms with Crippen LogP contribution in [0.2, 0.25) is 0 Å². The molecule has 78 valence electrons. The van der Waals surface area contributed by atoms with E-state index in [-0.39, 0.29) is 0 Å². The highest BCUT2D eigenvalue weighted by Gasteiger charge is 2.39. The predicted octanol–water partition coefficient (Wildman–Crippen LogP) is 0.841. The van der Waals surface area contributed by atoms with Crippen molar-refractivity contribution in [1.29, 1.82) is 0 Å². The zero-order valence-corrected chi connectivity index (χ0v) is 8.87. The Labute approximate surface area is 88.3 Å². The van der Waals surface area contributed by atoms with E-state index in [4.69, 9.17) is 0 Å². The Morgan fingerprint density at radius 1 is 1.27 bits per heavy atom. The maximum absolute atomic E-state index is 12.1. The average Bonchev–Trinajstić information content (AvgIpc) is 2.51. The van der Waals surface area contributed by atoms with Crippen LogP contribution in [0, 0.1) is 0 Å². The van der Waals surface area contributed by atoms with Gasteiger partial charge in [-0.3, -0.25) is 4.99 Å². The lowest BCUT2D eigenvalue weighted by Crippen LogP contribution is -2.34. The Kier molecular flexibility index (Phi) is 1.68. The molecule has 0 fully saturated rings. The molecule has 1 aromatic carbocycles. The van der Waals surface area contributed by atoms with Gasteiger partial charge in [-0.25, -0.2) is 12.7 Å². The van der Waals surface area contributed by atoms with E-state index in [2.05, 4.69) is 4.99 Å². The van der Waals surface area contributed by atoms with Crippen LogP contribution in [0.25, 0.3) is 0 Å². The zero-order valence-electron chi connectivity index (χ0n) is 8.05. The summed E-state index contributed by atoms with van der Waals surface area (Å²) >= 11 is 0. The molecule has 0 saturated heterocycles. The van der Waals surface area contributed by atoms with E-state index in [9.17, 15) is 8.42 Å². The molecule has 5 heteroatoms. The van der Waals surface area contributed by atoms with Gasteiger partial charge in [0.2, 0.25) is 0 Å². The highest BCUT2D eigenvalue weighted by atomic mass is 32.2. The van der Waals surface area contributed by atoms with Crippen LogP contribution in [0.1, 0.15) is 12.0 Å². The molecule has 3 rings (SSSR count). The van der Waals surface area contributed by atoms with Crippen LogP contribution in [0.3, 0.4) is 0 Å². The monoisotopic (exact) mass is 222 g/mol. The van der Waals surface area contributed by atoms with Gasteiger partial charge in [0, 0.05) is 18.7 Å². The predicted molar refractivity (Wildman–Crippen MR) is 56.4 cm³/mol. The van der Waals surface area contributed by atoms with Crippen LogP contribution < -0.4 is 0 Å². The van der Waals surface area contributed by atoms with E-state index in [1.807, 2.05) is 12.1 Å². The number of nitrogens with zero attached hydrogens (tertiary/aromatic N) is 2. The third-order valence-electron chi connectivity index (χ3n) is 2.71. The molecule has 0 spiro atoms. The van der Waals surface area contributed by atoms with Crippen LogP contribution in [0.5, 0.6) is 0 Å². The molecule has 2 heterocycles. The summed E-state index contributed by atoms with van der Waals surface area (Å²) in [6.45, 7) is 1.27. The Bertz CT molecular complexity index is 548. The summed E-state index contributed by atoms with van der Waals surface area (Å²) in [6.07, 6.45) is 0.802. The van der Waals surface area contributed by atoms with E-state index >= 15 is 0 Å². The maximum atomic E-state index is 12.1. The number of fused-ring (bicyclic) bond motifs is 3. The summed E-state index contributed by atoms with van der Waals surface area (Å²) in [5.74, 6) is 0.622. The molecule has 1 aromatic rings. The van der Waals surface area contributed by atoms with Crippen molar-refractivity contribution >= 4 is 15.9 Å². The highest BCUT2D eigenvalue weighted by Crippen LogP contribution is 2.31. The van der Waals surface area contributed by atoms with Gasteiger partial charge in [-0.1, -0.05) is 12.1 Å². The third-order valence-corrected chi connectivity index (χ3v) is 4.56. The second-order valence-electron chi connectivity index (χ2n) is 3.63. The lowest BCUT2D eigenvalue weighted by atomic mass is 10.2. The number of aliphatic imine (C=N–C) groups is 1. The van der Waals surface area contributed by atoms with E-state index in [0.29, 0.717) is 17.3 Å². The second kappa shape index (κ2) is 2.82. The number of rotatable bonds is 0. The van der Waals surface area contributed by atoms with Gasteiger partial charge in [0.25, 0.3) is 10.0 Å². The van der Waals surface area contributed by atoms with E-state index in [1.165, 1.54) is 4.31 Å². The summed E-state index contributed by atoms with van der Waals surface area (Å²) in [5, 5.41) is 0. The number of amidine groups is 1. The summed E-state index contributed by atoms with van der Waals surface area (Å²) in [4.78, 5) is 4.69. The fourth-order valence-corrected chi connectivity index (χ4v) is 3.71. The maximum Gasteiger partial charge on any atom is 0.266 e. The first-order chi connectivity index (χ1) is 7.21. The van der Waals surface area contributed by atoms with Gasteiger partial charge in [0.1, 0.15) is 5.84 Å². The largest absolute Gasteiger partial charge is 0.267 e. The zero-order chi connectivity index (χ0) is 10.5. The van der Waals surface area contributed by atoms with Crippen molar-refractivity contribution in [2.24, 2.45) is 4.99 Å². The van der Waals surface area contributed by atoms with Crippen molar-refractivity contribution in [1.82, 2.24) is 4.31 Å². The second-order valence-corrected chi connectivity index (χ2v) is 5.46. The Hall–Kier alpha value is -1.36. The van der Waals surface area contributed by atoms with Crippen molar-refractivity contribution in [3.05, 3.63) is 29.8 Å². The minimum absolute atomic E-state index is 0.394. The fraction of sp³-hybridized carbons (Fsp3) is 0.300. The number of benzene rings is 1. The lowest BCUT2D eigenvalue weighted by Gasteiger charge is -2.21. The Morgan fingerprint density at radius 2 is 2.07 bits per heavy atom. The summed E-state index contributed by atoms with van der Waals surface area (Å²) < 4.78 is 25.5. The molecule has 0 amide bonds. The van der Waals surface area contributed by atoms with Crippen molar-refractivity contribution in [2.45, 2.75) is 11.3 Å². The smallest absolute Gasteiger partial charge is 0.266 e. The highest BCUT2D eigenvalue weighted by molar-refractivity contribution is 7.90. The van der Waals surface area contributed by atoms with E-state index < -0.39 is 10.0 Å². The first kappa shape index (κ1) is 8.91. The first-order valence-electron chi connectivity index (χ1n) is 4.88. The topological polar surface area (TPSA) is 49.7 Å². The molecule has 0 aromatic heterocycles. The molecule has 0 saturated carbocycles. The number of hydrogen-bond acceptors (Lipinski definition) is 3. The van der Waals surface area contributed by atoms with Crippen LogP contribution in [-0.2, 0) is 10.0 Å². The number of sulfonamides is 1. The normalized spacial score (nSPS) is 21.9. The fourth-order valence-electron chi connectivity index (χ4n) is 2.03. The molecular formula is C10H10N2O2S. The molecule has 4 nitrogen and oxygen atoms in total. The molecule has 0 radical (unpaired) electrons. The first-order valence-corrected chi connectivity index (χ1v) is 6.32. The average molecular weight is 222 g/mol. The Balaban J connectivity index is 2.34. The van der Waals surface area contributed by atoms with Gasteiger partial charge in [0.15, 0.2) is 0 Å². The van der Waals surface area contributed by atoms with Crippen molar-refractivity contribution in [3.63, 3.8) is 0 Å². The van der Waals surface area contributed by atoms with Crippen molar-refractivity contribution in [2.75, 3.05) is 13.1 Å². The quantitative estimate of drug-likeness (QED) is 0.653. The standard InChI is InChI=1S/C10H10N2O2S/c13-15(14)9-5-2-1-4-8(9)10-11-6-3-7-12(10)15/h1-2,4-5H,3,6-7H2. The van der Waals surface area contributed by atoms with E-state index in [1.54, 1.807) is 12.1 Å². The Morgan fingerprint density at radius 3 is 2.93 bits per heavy atom. The van der Waals surface area contributed by atoms with Gasteiger partial charge in [-0.2, -0.15) is 0 Å². The number of hydrogen-bond donors (Lipinski definition) is 0. The van der Waals surface area contributed by atoms with Crippen LogP contribution in [-0.4, -0.2) is 31.6 Å². The lowest BCUT2D eigenvalue weighted by molar-refractivity contribution is 0.510. The molecule has 0 bridgehead atoms. The molecule has 0 N–H and O–H groups in total. The van der Waals surface area contributed by atoms with E-state index in [0.717, 1.165) is 18.5 Å². The molecule has 2 aliphatic rings. The van der Waals surface area contributed by atoms with Crippen LogP contribution in [0.15, 0.2) is 34.2 Å². The van der Waals surface area contributed by atoms with Crippen LogP contribution in [0.4, 0.5) is 0 Å². The molecular weight excluding hydrogens is 212 g/mol. The van der Waals surface area contributed by atoms with Gasteiger partial charge >= 0.3 is 0 Å². The minimum atomic E-state index is -3.30. The van der Waals surface area contributed by atoms with Crippen molar-refractivity contribution < 1.29 is 8.42 Å². The minimum Gasteiger partial charge on any atom is -0.267 e. The molecule has 0 atom stereocenters. The molecule has 0 aliphatic carbocycles. The summed E-state index contributed by atoms with van der Waals surface area (Å²) in [6, 6.07) is 7.05. The van der Waals surface area contributed by atoms with Crippen molar-refractivity contribution in [3.8, 4) is 0 Å². The molecule has 15 heavy (non-hydrogen) atoms. The van der Waals surface area contributed by atoms with Gasteiger partial charge < -0.3 is 0 Å². The van der Waals surface area contributed by atoms with Gasteiger partial charge in [0.05, 0.1) is 4.90 Å².